The van der Waals surface area contributed by atoms with Crippen LogP contribution < -0.4 is 16.8 Å². The molecule has 36 heavy (non-hydrogen) atoms. The largest absolute Gasteiger partial charge is 0.478 e. The van der Waals surface area contributed by atoms with Gasteiger partial charge in [0.2, 0.25) is 5.90 Å². The lowest BCUT2D eigenvalue weighted by atomic mass is 9.92. The second-order valence-electron chi connectivity index (χ2n) is 9.13. The van der Waals surface area contributed by atoms with E-state index in [2.05, 4.69) is 5.32 Å². The van der Waals surface area contributed by atoms with Crippen molar-refractivity contribution in [1.29, 1.82) is 5.41 Å². The lowest BCUT2D eigenvalue weighted by Gasteiger charge is -2.27. The number of fused-ring (bicyclic) bond motifs is 1. The first-order valence-corrected chi connectivity index (χ1v) is 13.8. The maximum absolute atomic E-state index is 13.5. The van der Waals surface area contributed by atoms with Crippen molar-refractivity contribution >= 4 is 38.2 Å². The molecule has 2 aromatic carbocycles. The minimum atomic E-state index is -3.60. The molecule has 6 N–H and O–H groups in total. The molecule has 0 atom stereocenters. The van der Waals surface area contributed by atoms with Gasteiger partial charge in [0, 0.05) is 29.6 Å². The molecule has 0 radical (unpaired) electrons. The average molecular weight is 512 g/mol. The number of hydrogen-bond acceptors (Lipinski definition) is 7. The van der Waals surface area contributed by atoms with Gasteiger partial charge in [0.15, 0.2) is 9.84 Å². The van der Waals surface area contributed by atoms with Crippen LogP contribution >= 0.6 is 0 Å². The smallest absolute Gasteiger partial charge is 0.270 e. The molecular formula is C26H33N5O4S. The fourth-order valence-corrected chi connectivity index (χ4v) is 5.93. The van der Waals surface area contributed by atoms with Crippen LogP contribution in [0, 0.1) is 5.41 Å². The van der Waals surface area contributed by atoms with E-state index in [1.165, 1.54) is 0 Å². The predicted molar refractivity (Wildman–Crippen MR) is 141 cm³/mol. The van der Waals surface area contributed by atoms with Crippen LogP contribution in [0.3, 0.4) is 0 Å². The number of nitrogens with two attached hydrogens (primary N) is 2. The Hall–Kier alpha value is -3.37. The van der Waals surface area contributed by atoms with Gasteiger partial charge in [-0.25, -0.2) is 8.42 Å². The molecular weight excluding hydrogens is 478 g/mol. The molecule has 1 aromatic heterocycles. The number of anilines is 1. The van der Waals surface area contributed by atoms with E-state index in [1.54, 1.807) is 60.0 Å². The Morgan fingerprint density at radius 1 is 1.14 bits per heavy atom. The van der Waals surface area contributed by atoms with Gasteiger partial charge in [-0.2, -0.15) is 0 Å². The molecule has 1 heterocycles. The van der Waals surface area contributed by atoms with Crippen molar-refractivity contribution in [2.24, 2.45) is 5.73 Å². The number of benzene rings is 2. The van der Waals surface area contributed by atoms with Gasteiger partial charge in [0.1, 0.15) is 5.69 Å². The highest BCUT2D eigenvalue weighted by molar-refractivity contribution is 7.91. The third-order valence-electron chi connectivity index (χ3n) is 6.66. The molecule has 1 amide bonds. The number of rotatable bonds is 8. The molecule has 0 bridgehead atoms. The maximum Gasteiger partial charge on any atom is 0.270 e. The number of carbonyl (C=O) groups excluding carboxylic acids is 1. The number of nitrogens with zero attached hydrogens (tertiary/aromatic N) is 1. The zero-order valence-electron chi connectivity index (χ0n) is 20.4. The molecule has 1 aliphatic rings. The number of carbonyl (C=O) groups is 1. The SMILES string of the molecule is CCOC(=N)c1ccc2c(N)c(C(=O)NC3CCC(N)CC3)n(CCS(=O)(=O)c3ccccc3)c2c1. The van der Waals surface area contributed by atoms with E-state index in [0.29, 0.717) is 23.1 Å². The van der Waals surface area contributed by atoms with Crippen LogP contribution in [-0.4, -0.2) is 49.2 Å². The number of aryl methyl sites for hydroxylation is 1. The molecule has 0 unspecified atom stereocenters. The minimum Gasteiger partial charge on any atom is -0.478 e. The quantitative estimate of drug-likeness (QED) is 0.269. The van der Waals surface area contributed by atoms with Crippen molar-refractivity contribution in [3.05, 3.63) is 59.8 Å². The van der Waals surface area contributed by atoms with Gasteiger partial charge in [-0.1, -0.05) is 18.2 Å². The van der Waals surface area contributed by atoms with E-state index in [4.69, 9.17) is 21.6 Å². The normalized spacial score (nSPS) is 18.2. The molecule has 1 fully saturated rings. The minimum absolute atomic E-state index is 0.00725. The Bertz CT molecular complexity index is 1360. The summed E-state index contributed by atoms with van der Waals surface area (Å²) in [6, 6.07) is 13.5. The Labute approximate surface area is 211 Å². The molecule has 1 aliphatic carbocycles. The number of hydrogen-bond donors (Lipinski definition) is 4. The van der Waals surface area contributed by atoms with E-state index < -0.39 is 9.84 Å². The van der Waals surface area contributed by atoms with Gasteiger partial charge in [-0.05, 0) is 62.9 Å². The lowest BCUT2D eigenvalue weighted by Crippen LogP contribution is -2.41. The fourth-order valence-electron chi connectivity index (χ4n) is 4.70. The van der Waals surface area contributed by atoms with Gasteiger partial charge in [0.05, 0.1) is 28.5 Å². The number of aromatic nitrogens is 1. The lowest BCUT2D eigenvalue weighted by molar-refractivity contribution is 0.0918. The zero-order chi connectivity index (χ0) is 25.9. The Morgan fingerprint density at radius 3 is 2.50 bits per heavy atom. The Morgan fingerprint density at radius 2 is 1.83 bits per heavy atom. The van der Waals surface area contributed by atoms with E-state index in [9.17, 15) is 13.2 Å². The second-order valence-corrected chi connectivity index (χ2v) is 11.2. The summed E-state index contributed by atoms with van der Waals surface area (Å²) < 4.78 is 33.0. The fraction of sp³-hybridized carbons (Fsp3) is 0.385. The number of amides is 1. The molecule has 4 rings (SSSR count). The average Bonchev–Trinajstić information content (AvgIpc) is 3.16. The molecule has 0 aliphatic heterocycles. The van der Waals surface area contributed by atoms with Crippen molar-refractivity contribution in [1.82, 2.24) is 9.88 Å². The molecule has 0 spiro atoms. The summed E-state index contributed by atoms with van der Waals surface area (Å²) in [5.74, 6) is -0.568. The summed E-state index contributed by atoms with van der Waals surface area (Å²) >= 11 is 0. The van der Waals surface area contributed by atoms with Crippen LogP contribution in [0.15, 0.2) is 53.4 Å². The summed E-state index contributed by atoms with van der Waals surface area (Å²) in [5, 5.41) is 11.9. The molecule has 192 valence electrons. The molecule has 9 nitrogen and oxygen atoms in total. The molecule has 10 heteroatoms. The van der Waals surface area contributed by atoms with Gasteiger partial charge in [-0.15, -0.1) is 0 Å². The highest BCUT2D eigenvalue weighted by atomic mass is 32.2. The van der Waals surface area contributed by atoms with Crippen molar-refractivity contribution < 1.29 is 17.9 Å². The summed E-state index contributed by atoms with van der Waals surface area (Å²) in [6.45, 7) is 2.16. The molecule has 1 saturated carbocycles. The van der Waals surface area contributed by atoms with Crippen LogP contribution in [0.4, 0.5) is 5.69 Å². The van der Waals surface area contributed by atoms with Crippen LogP contribution in [-0.2, 0) is 21.1 Å². The van der Waals surface area contributed by atoms with Crippen molar-refractivity contribution in [2.75, 3.05) is 18.1 Å². The van der Waals surface area contributed by atoms with E-state index in [1.807, 2.05) is 0 Å². The molecule has 0 saturated heterocycles. The third-order valence-corrected chi connectivity index (χ3v) is 8.37. The first-order chi connectivity index (χ1) is 17.2. The first kappa shape index (κ1) is 25.7. The summed E-state index contributed by atoms with van der Waals surface area (Å²) in [6.07, 6.45) is 3.24. The number of sulfone groups is 1. The predicted octanol–water partition coefficient (Wildman–Crippen LogP) is 3.06. The number of ether oxygens (including phenoxy) is 1. The van der Waals surface area contributed by atoms with Gasteiger partial charge < -0.3 is 26.1 Å². The van der Waals surface area contributed by atoms with Crippen LogP contribution in [0.25, 0.3) is 10.9 Å². The standard InChI is InChI=1S/C26H33N5O4S/c1-2-35-25(29)17-8-13-21-22(16-17)31(14-15-36(33,34)20-6-4-3-5-7-20)24(23(21)28)26(32)30-19-11-9-18(27)10-12-19/h3-8,13,16,18-19,29H,2,9-12,14-15,27-28H2,1H3,(H,30,32). The topological polar surface area (TPSA) is 153 Å². The highest BCUT2D eigenvalue weighted by Crippen LogP contribution is 2.31. The summed E-state index contributed by atoms with van der Waals surface area (Å²) in [5.41, 5.74) is 14.1. The van der Waals surface area contributed by atoms with Crippen molar-refractivity contribution in [3.63, 3.8) is 0 Å². The summed E-state index contributed by atoms with van der Waals surface area (Å²) in [7, 11) is -3.60. The maximum atomic E-state index is 13.5. The van der Waals surface area contributed by atoms with E-state index >= 15 is 0 Å². The van der Waals surface area contributed by atoms with Crippen LogP contribution in [0.2, 0.25) is 0 Å². The second kappa shape index (κ2) is 10.7. The summed E-state index contributed by atoms with van der Waals surface area (Å²) in [4.78, 5) is 13.7. The number of nitrogen functional groups attached to an aromatic ring is 1. The van der Waals surface area contributed by atoms with Gasteiger partial charge >= 0.3 is 0 Å². The van der Waals surface area contributed by atoms with E-state index in [0.717, 1.165) is 25.7 Å². The van der Waals surface area contributed by atoms with Crippen molar-refractivity contribution in [2.45, 2.75) is 56.1 Å². The Kier molecular flexibility index (Phi) is 7.65. The van der Waals surface area contributed by atoms with Crippen molar-refractivity contribution in [3.8, 4) is 0 Å². The molecule has 3 aromatic rings. The Balaban J connectivity index is 1.72. The first-order valence-electron chi connectivity index (χ1n) is 12.2. The third kappa shape index (κ3) is 5.39. The van der Waals surface area contributed by atoms with Gasteiger partial charge in [-0.3, -0.25) is 10.2 Å². The van der Waals surface area contributed by atoms with Crippen LogP contribution in [0.5, 0.6) is 0 Å². The van der Waals surface area contributed by atoms with Crippen LogP contribution in [0.1, 0.15) is 48.7 Å². The highest BCUT2D eigenvalue weighted by Gasteiger charge is 2.27. The van der Waals surface area contributed by atoms with E-state index in [-0.39, 0.29) is 52.5 Å². The zero-order valence-corrected chi connectivity index (χ0v) is 21.2. The monoisotopic (exact) mass is 511 g/mol. The van der Waals surface area contributed by atoms with Gasteiger partial charge in [0.25, 0.3) is 5.91 Å². The number of nitrogens with one attached hydrogen (secondary N) is 2.